The van der Waals surface area contributed by atoms with Crippen molar-refractivity contribution in [2.75, 3.05) is 45.3 Å². The summed E-state index contributed by atoms with van der Waals surface area (Å²) in [4.78, 5) is 13.4. The monoisotopic (exact) mass is 441 g/mol. The minimum Gasteiger partial charge on any atom is -0.446 e. The lowest BCUT2D eigenvalue weighted by Crippen LogP contribution is -2.42. The van der Waals surface area contributed by atoms with Crippen LogP contribution in [0, 0.1) is 5.92 Å². The minimum atomic E-state index is -3.61. The van der Waals surface area contributed by atoms with Crippen LogP contribution in [0.15, 0.2) is 29.2 Å². The topological polar surface area (TPSA) is 111 Å². The smallest absolute Gasteiger partial charge is 0.404 e. The molecule has 0 aliphatic carbocycles. The molecule has 0 radical (unpaired) electrons. The van der Waals surface area contributed by atoms with Gasteiger partial charge >= 0.3 is 6.09 Å². The van der Waals surface area contributed by atoms with Gasteiger partial charge in [0.1, 0.15) is 6.10 Å². The molecule has 2 aliphatic rings. The fourth-order valence-electron chi connectivity index (χ4n) is 4.26. The average Bonchev–Trinajstić information content (AvgIpc) is 2.75. The third-order valence-corrected chi connectivity index (χ3v) is 7.79. The summed E-state index contributed by atoms with van der Waals surface area (Å²) in [6.45, 7) is 2.22. The summed E-state index contributed by atoms with van der Waals surface area (Å²) >= 11 is 0. The van der Waals surface area contributed by atoms with E-state index in [0.717, 1.165) is 31.6 Å². The van der Waals surface area contributed by atoms with E-state index < -0.39 is 16.1 Å². The van der Waals surface area contributed by atoms with E-state index in [2.05, 4.69) is 4.90 Å². The number of hydrogen-bond acceptors (Lipinski definition) is 7. The summed E-state index contributed by atoms with van der Waals surface area (Å²) in [5.74, 6) is 0.326. The lowest BCUT2D eigenvalue weighted by atomic mass is 9.95. The molecule has 1 aromatic carbocycles. The van der Waals surface area contributed by atoms with Crippen molar-refractivity contribution in [1.29, 1.82) is 0 Å². The molecule has 10 heteroatoms. The van der Waals surface area contributed by atoms with Gasteiger partial charge in [0.2, 0.25) is 10.0 Å². The van der Waals surface area contributed by atoms with Crippen molar-refractivity contribution in [3.05, 3.63) is 24.3 Å². The molecule has 2 saturated heterocycles. The highest BCUT2D eigenvalue weighted by Crippen LogP contribution is 2.29. The van der Waals surface area contributed by atoms with E-state index in [-0.39, 0.29) is 17.3 Å². The molecule has 0 unspecified atom stereocenters. The molecule has 3 rings (SSSR count). The van der Waals surface area contributed by atoms with E-state index in [1.807, 2.05) is 6.07 Å². The maximum Gasteiger partial charge on any atom is 0.404 e. The summed E-state index contributed by atoms with van der Waals surface area (Å²) in [5.41, 5.74) is 5.95. The first kappa shape index (κ1) is 22.8. The molecule has 0 saturated carbocycles. The normalized spacial score (nSPS) is 19.9. The van der Waals surface area contributed by atoms with Crippen LogP contribution < -0.4 is 10.6 Å². The lowest BCUT2D eigenvalue weighted by molar-refractivity contribution is -0.141. The van der Waals surface area contributed by atoms with Gasteiger partial charge in [-0.25, -0.2) is 13.2 Å². The Morgan fingerprint density at radius 2 is 1.70 bits per heavy atom. The molecule has 1 aromatic rings. The molecule has 168 valence electrons. The molecule has 2 aliphatic heterocycles. The molecule has 1 amide bonds. The van der Waals surface area contributed by atoms with Crippen LogP contribution in [-0.2, 0) is 24.2 Å². The Morgan fingerprint density at radius 3 is 2.27 bits per heavy atom. The Hall–Kier alpha value is -1.88. The molecule has 2 N–H and O–H groups in total. The largest absolute Gasteiger partial charge is 0.446 e. The summed E-state index contributed by atoms with van der Waals surface area (Å²) in [6.07, 6.45) is 1.35. The van der Waals surface area contributed by atoms with Crippen molar-refractivity contribution >= 4 is 21.8 Å². The van der Waals surface area contributed by atoms with Crippen molar-refractivity contribution in [3.8, 4) is 0 Å². The second-order valence-electron chi connectivity index (χ2n) is 7.70. The Morgan fingerprint density at radius 1 is 1.07 bits per heavy atom. The number of methoxy groups -OCH3 is 2. The molecule has 0 spiro atoms. The SMILES string of the molecule is COC(OC)C1CCN(c2cccc(S(=O)(=O)N3CCC(OC(N)=O)CC3)c2)CC1. The van der Waals surface area contributed by atoms with Crippen molar-refractivity contribution in [2.45, 2.75) is 43.0 Å². The number of nitrogens with zero attached hydrogens (tertiary/aromatic N) is 2. The van der Waals surface area contributed by atoms with Gasteiger partial charge in [0.05, 0.1) is 4.90 Å². The quantitative estimate of drug-likeness (QED) is 0.642. The summed E-state index contributed by atoms with van der Waals surface area (Å²) in [7, 11) is -0.311. The zero-order valence-corrected chi connectivity index (χ0v) is 18.3. The van der Waals surface area contributed by atoms with Crippen LogP contribution >= 0.6 is 0 Å². The van der Waals surface area contributed by atoms with Gasteiger partial charge in [-0.05, 0) is 43.9 Å². The van der Waals surface area contributed by atoms with Crippen LogP contribution in [-0.4, -0.2) is 71.6 Å². The van der Waals surface area contributed by atoms with Crippen LogP contribution in [0.4, 0.5) is 10.5 Å². The number of sulfonamides is 1. The fourth-order valence-corrected chi connectivity index (χ4v) is 5.77. The van der Waals surface area contributed by atoms with E-state index in [1.54, 1.807) is 32.4 Å². The number of amides is 1. The van der Waals surface area contributed by atoms with Gasteiger partial charge in [0.15, 0.2) is 6.29 Å². The third-order valence-electron chi connectivity index (χ3n) is 5.89. The highest BCUT2D eigenvalue weighted by atomic mass is 32.2. The molecular formula is C20H31N3O6S. The molecule has 30 heavy (non-hydrogen) atoms. The summed E-state index contributed by atoms with van der Waals surface area (Å²) < 4.78 is 43.4. The number of hydrogen-bond donors (Lipinski definition) is 1. The second kappa shape index (κ2) is 9.95. The number of anilines is 1. The first-order chi connectivity index (χ1) is 14.3. The third kappa shape index (κ3) is 5.23. The van der Waals surface area contributed by atoms with E-state index in [4.69, 9.17) is 19.9 Å². The first-order valence-electron chi connectivity index (χ1n) is 10.2. The Kier molecular flexibility index (Phi) is 7.56. The van der Waals surface area contributed by atoms with Gasteiger partial charge in [0.25, 0.3) is 0 Å². The molecule has 2 fully saturated rings. The van der Waals surface area contributed by atoms with Gasteiger partial charge in [-0.1, -0.05) is 6.07 Å². The van der Waals surface area contributed by atoms with Gasteiger partial charge in [0, 0.05) is 52.0 Å². The molecule has 0 bridgehead atoms. The van der Waals surface area contributed by atoms with Crippen LogP contribution in [0.3, 0.4) is 0 Å². The first-order valence-corrected chi connectivity index (χ1v) is 11.7. The standard InChI is InChI=1S/C20H31N3O6S/c1-27-19(28-2)15-6-10-22(11-7-15)16-4-3-5-18(14-16)30(25,26)23-12-8-17(9-13-23)29-20(21)24/h3-5,14-15,17,19H,6-13H2,1-2H3,(H2,21,24). The van der Waals surface area contributed by atoms with Gasteiger partial charge < -0.3 is 24.8 Å². The number of rotatable bonds is 7. The van der Waals surface area contributed by atoms with Gasteiger partial charge in [-0.15, -0.1) is 0 Å². The number of ether oxygens (including phenoxy) is 3. The van der Waals surface area contributed by atoms with E-state index in [0.29, 0.717) is 31.8 Å². The maximum absolute atomic E-state index is 13.1. The van der Waals surface area contributed by atoms with Crippen molar-refractivity contribution < 1.29 is 27.4 Å². The van der Waals surface area contributed by atoms with Crippen molar-refractivity contribution in [1.82, 2.24) is 4.31 Å². The van der Waals surface area contributed by atoms with Crippen LogP contribution in [0.5, 0.6) is 0 Å². The zero-order valence-electron chi connectivity index (χ0n) is 17.5. The van der Waals surface area contributed by atoms with Gasteiger partial charge in [-0.2, -0.15) is 4.31 Å². The predicted octanol–water partition coefficient (Wildman–Crippen LogP) is 1.77. The maximum atomic E-state index is 13.1. The Labute approximate surface area is 178 Å². The Balaban J connectivity index is 1.65. The predicted molar refractivity (Wildman–Crippen MR) is 112 cm³/mol. The summed E-state index contributed by atoms with van der Waals surface area (Å²) in [5, 5.41) is 0. The van der Waals surface area contributed by atoms with Crippen molar-refractivity contribution in [3.63, 3.8) is 0 Å². The highest BCUT2D eigenvalue weighted by Gasteiger charge is 2.31. The average molecular weight is 442 g/mol. The number of primary amides is 1. The number of carbonyl (C=O) groups is 1. The van der Waals surface area contributed by atoms with E-state index in [9.17, 15) is 13.2 Å². The lowest BCUT2D eigenvalue weighted by Gasteiger charge is -2.36. The highest BCUT2D eigenvalue weighted by molar-refractivity contribution is 7.89. The summed E-state index contributed by atoms with van der Waals surface area (Å²) in [6, 6.07) is 7.09. The number of benzene rings is 1. The number of carbonyl (C=O) groups excluding carboxylic acids is 1. The van der Waals surface area contributed by atoms with Crippen LogP contribution in [0.1, 0.15) is 25.7 Å². The molecule has 0 atom stereocenters. The van der Waals surface area contributed by atoms with Crippen LogP contribution in [0.2, 0.25) is 0 Å². The van der Waals surface area contributed by atoms with E-state index >= 15 is 0 Å². The Bertz CT molecular complexity index is 814. The molecule has 0 aromatic heterocycles. The molecule has 2 heterocycles. The van der Waals surface area contributed by atoms with Crippen LogP contribution in [0.25, 0.3) is 0 Å². The fraction of sp³-hybridized carbons (Fsp3) is 0.650. The molecular weight excluding hydrogens is 410 g/mol. The molecule has 9 nitrogen and oxygen atoms in total. The zero-order chi connectivity index (χ0) is 21.7. The number of nitrogens with two attached hydrogens (primary N) is 1. The minimum absolute atomic E-state index is 0.208. The second-order valence-corrected chi connectivity index (χ2v) is 9.64. The number of piperidine rings is 2. The van der Waals surface area contributed by atoms with Crippen molar-refractivity contribution in [2.24, 2.45) is 11.7 Å². The van der Waals surface area contributed by atoms with E-state index in [1.165, 1.54) is 4.31 Å². The van der Waals surface area contributed by atoms with Gasteiger partial charge in [-0.3, -0.25) is 0 Å².